The summed E-state index contributed by atoms with van der Waals surface area (Å²) in [6.07, 6.45) is 1.36. The van der Waals surface area contributed by atoms with Gasteiger partial charge in [-0.05, 0) is 42.5 Å². The summed E-state index contributed by atoms with van der Waals surface area (Å²) in [6.45, 7) is 0. The third-order valence-corrected chi connectivity index (χ3v) is 3.63. The molecule has 0 atom stereocenters. The fourth-order valence-electron chi connectivity index (χ4n) is 1.98. The van der Waals surface area contributed by atoms with Crippen LogP contribution in [0, 0.1) is 22.7 Å². The zero-order valence-electron chi connectivity index (χ0n) is 11.7. The minimum atomic E-state index is 0.000742. The van der Waals surface area contributed by atoms with E-state index in [0.29, 0.717) is 17.0 Å². The van der Waals surface area contributed by atoms with E-state index in [2.05, 4.69) is 26.2 Å². The topological polar surface area (TPSA) is 85.6 Å². The Kier molecular flexibility index (Phi) is 4.09. The largest absolute Gasteiger partial charge is 0.436 e. The fourth-order valence-corrected chi connectivity index (χ4v) is 2.24. The van der Waals surface area contributed by atoms with Crippen LogP contribution in [0.4, 0.5) is 5.69 Å². The summed E-state index contributed by atoms with van der Waals surface area (Å²) in [6, 6.07) is 16.6. The second-order valence-corrected chi connectivity index (χ2v) is 5.55. The Morgan fingerprint density at radius 2 is 1.87 bits per heavy atom. The van der Waals surface area contributed by atoms with E-state index in [-0.39, 0.29) is 5.57 Å². The smallest absolute Gasteiger partial charge is 0.227 e. The van der Waals surface area contributed by atoms with E-state index in [9.17, 15) is 0 Å². The maximum absolute atomic E-state index is 8.71. The SMILES string of the molecule is N#CC(C#N)=CNc1ccc2oc(-c3ccc(Br)cc3)nc2c1. The van der Waals surface area contributed by atoms with Crippen molar-refractivity contribution in [1.29, 1.82) is 10.5 Å². The number of benzene rings is 2. The number of nitrogens with one attached hydrogen (secondary N) is 1. The molecule has 6 heteroatoms. The number of nitrogens with zero attached hydrogens (tertiary/aromatic N) is 3. The first kappa shape index (κ1) is 14.8. The molecule has 5 nitrogen and oxygen atoms in total. The van der Waals surface area contributed by atoms with Gasteiger partial charge in [-0.15, -0.1) is 0 Å². The highest BCUT2D eigenvalue weighted by Crippen LogP contribution is 2.27. The number of aromatic nitrogens is 1. The van der Waals surface area contributed by atoms with E-state index in [0.717, 1.165) is 15.7 Å². The van der Waals surface area contributed by atoms with Gasteiger partial charge in [0.15, 0.2) is 5.58 Å². The lowest BCUT2D eigenvalue weighted by Gasteiger charge is -1.98. The zero-order valence-corrected chi connectivity index (χ0v) is 13.3. The van der Waals surface area contributed by atoms with Crippen LogP contribution < -0.4 is 5.32 Å². The van der Waals surface area contributed by atoms with Crippen molar-refractivity contribution in [2.45, 2.75) is 0 Å². The first-order valence-corrected chi connectivity index (χ1v) is 7.42. The first-order chi connectivity index (χ1) is 11.2. The molecule has 0 aliphatic rings. The van der Waals surface area contributed by atoms with Gasteiger partial charge in [0, 0.05) is 21.9 Å². The molecule has 0 spiro atoms. The number of halogens is 1. The van der Waals surface area contributed by atoms with Crippen molar-refractivity contribution >= 4 is 32.7 Å². The van der Waals surface area contributed by atoms with Crippen LogP contribution in [0.3, 0.4) is 0 Å². The summed E-state index contributed by atoms with van der Waals surface area (Å²) >= 11 is 3.39. The molecule has 0 saturated heterocycles. The predicted molar refractivity (Wildman–Crippen MR) is 90.1 cm³/mol. The molecular formula is C17H9BrN4O. The van der Waals surface area contributed by atoms with Crippen molar-refractivity contribution < 1.29 is 4.42 Å². The van der Waals surface area contributed by atoms with Gasteiger partial charge in [-0.1, -0.05) is 15.9 Å². The van der Waals surface area contributed by atoms with Crippen molar-refractivity contribution in [2.24, 2.45) is 0 Å². The Morgan fingerprint density at radius 3 is 2.57 bits per heavy atom. The minimum absolute atomic E-state index is 0.000742. The molecule has 0 fully saturated rings. The molecule has 0 aliphatic carbocycles. The highest BCUT2D eigenvalue weighted by Gasteiger charge is 2.08. The Morgan fingerprint density at radius 1 is 1.13 bits per heavy atom. The van der Waals surface area contributed by atoms with Crippen LogP contribution in [0.25, 0.3) is 22.6 Å². The summed E-state index contributed by atoms with van der Waals surface area (Å²) < 4.78 is 6.73. The summed E-state index contributed by atoms with van der Waals surface area (Å²) in [5, 5.41) is 20.3. The van der Waals surface area contributed by atoms with Gasteiger partial charge in [0.05, 0.1) is 0 Å². The Labute approximate surface area is 140 Å². The molecule has 0 bridgehead atoms. The van der Waals surface area contributed by atoms with Crippen molar-refractivity contribution in [2.75, 3.05) is 5.32 Å². The maximum Gasteiger partial charge on any atom is 0.227 e. The van der Waals surface area contributed by atoms with Gasteiger partial charge in [0.25, 0.3) is 0 Å². The molecule has 1 N–H and O–H groups in total. The van der Waals surface area contributed by atoms with Crippen LogP contribution in [-0.2, 0) is 0 Å². The second-order valence-electron chi connectivity index (χ2n) is 4.63. The molecule has 0 aliphatic heterocycles. The summed E-state index contributed by atoms with van der Waals surface area (Å²) in [5.41, 5.74) is 2.96. The van der Waals surface area contributed by atoms with Crippen molar-refractivity contribution in [3.8, 4) is 23.6 Å². The Bertz CT molecular complexity index is 958. The molecule has 23 heavy (non-hydrogen) atoms. The lowest BCUT2D eigenvalue weighted by atomic mass is 10.2. The molecule has 0 radical (unpaired) electrons. The average Bonchev–Trinajstić information content (AvgIpc) is 2.99. The number of oxazole rings is 1. The molecule has 0 unspecified atom stereocenters. The first-order valence-electron chi connectivity index (χ1n) is 6.63. The van der Waals surface area contributed by atoms with Crippen LogP contribution in [0.2, 0.25) is 0 Å². The van der Waals surface area contributed by atoms with Gasteiger partial charge in [-0.25, -0.2) is 4.98 Å². The van der Waals surface area contributed by atoms with E-state index in [1.165, 1.54) is 6.20 Å². The number of fused-ring (bicyclic) bond motifs is 1. The molecule has 0 amide bonds. The predicted octanol–water partition coefficient (Wildman–Crippen LogP) is 4.60. The van der Waals surface area contributed by atoms with Crippen LogP contribution in [0.15, 0.2) is 63.1 Å². The van der Waals surface area contributed by atoms with Crippen molar-refractivity contribution in [3.63, 3.8) is 0 Å². The number of nitriles is 2. The summed E-state index contributed by atoms with van der Waals surface area (Å²) in [7, 11) is 0. The highest BCUT2D eigenvalue weighted by atomic mass is 79.9. The number of hydrogen-bond acceptors (Lipinski definition) is 5. The standard InChI is InChI=1S/C17H9BrN4O/c18-13-3-1-12(2-4-13)17-22-15-7-14(5-6-16(15)23-17)21-10-11(8-19)9-20/h1-7,10,21H. The van der Waals surface area contributed by atoms with Crippen molar-refractivity contribution in [3.05, 3.63) is 58.7 Å². The molecule has 1 aromatic heterocycles. The third-order valence-electron chi connectivity index (χ3n) is 3.10. The molecule has 3 rings (SSSR count). The maximum atomic E-state index is 8.71. The zero-order chi connectivity index (χ0) is 16.2. The van der Waals surface area contributed by atoms with Crippen LogP contribution in [0.5, 0.6) is 0 Å². The van der Waals surface area contributed by atoms with E-state index < -0.39 is 0 Å². The Balaban J connectivity index is 1.92. The van der Waals surface area contributed by atoms with E-state index >= 15 is 0 Å². The van der Waals surface area contributed by atoms with Gasteiger partial charge >= 0.3 is 0 Å². The van der Waals surface area contributed by atoms with Gasteiger partial charge in [-0.3, -0.25) is 0 Å². The van der Waals surface area contributed by atoms with E-state index in [1.54, 1.807) is 30.3 Å². The van der Waals surface area contributed by atoms with E-state index in [4.69, 9.17) is 14.9 Å². The number of rotatable bonds is 3. The van der Waals surface area contributed by atoms with Crippen LogP contribution >= 0.6 is 15.9 Å². The molecule has 0 saturated carbocycles. The van der Waals surface area contributed by atoms with Crippen molar-refractivity contribution in [1.82, 2.24) is 4.98 Å². The number of allylic oxidation sites excluding steroid dienone is 1. The van der Waals surface area contributed by atoms with Crippen LogP contribution in [0.1, 0.15) is 0 Å². The average molecular weight is 365 g/mol. The molecule has 3 aromatic rings. The summed E-state index contributed by atoms with van der Waals surface area (Å²) in [4.78, 5) is 4.47. The van der Waals surface area contributed by atoms with Gasteiger partial charge < -0.3 is 9.73 Å². The lowest BCUT2D eigenvalue weighted by molar-refractivity contribution is 0.620. The quantitative estimate of drug-likeness (QED) is 0.686. The fraction of sp³-hybridized carbons (Fsp3) is 0. The molecule has 2 aromatic carbocycles. The molecule has 110 valence electrons. The minimum Gasteiger partial charge on any atom is -0.436 e. The van der Waals surface area contributed by atoms with Crippen LogP contribution in [-0.4, -0.2) is 4.98 Å². The number of hydrogen-bond donors (Lipinski definition) is 1. The number of anilines is 1. The summed E-state index contributed by atoms with van der Waals surface area (Å²) in [5.74, 6) is 0.537. The third kappa shape index (κ3) is 3.23. The van der Waals surface area contributed by atoms with Gasteiger partial charge in [-0.2, -0.15) is 10.5 Å². The Hall–Kier alpha value is -3.09. The monoisotopic (exact) mass is 364 g/mol. The van der Waals surface area contributed by atoms with E-state index in [1.807, 2.05) is 24.3 Å². The van der Waals surface area contributed by atoms with Gasteiger partial charge in [0.1, 0.15) is 23.2 Å². The normalized spacial score (nSPS) is 9.87. The molecule has 1 heterocycles. The molecular weight excluding hydrogens is 356 g/mol. The lowest BCUT2D eigenvalue weighted by Crippen LogP contribution is -1.89. The highest BCUT2D eigenvalue weighted by molar-refractivity contribution is 9.10. The second kappa shape index (κ2) is 6.35. The van der Waals surface area contributed by atoms with Gasteiger partial charge in [0.2, 0.25) is 5.89 Å².